The van der Waals surface area contributed by atoms with Crippen LogP contribution in [0.1, 0.15) is 32.6 Å². The third kappa shape index (κ3) is 0.679. The van der Waals surface area contributed by atoms with Crippen LogP contribution in [0.2, 0.25) is 0 Å². The second kappa shape index (κ2) is 2.03. The Balaban J connectivity index is 2.01. The van der Waals surface area contributed by atoms with E-state index in [9.17, 15) is 0 Å². The summed E-state index contributed by atoms with van der Waals surface area (Å²) in [6.07, 6.45) is 4.17. The quantitative estimate of drug-likeness (QED) is 0.550. The molecule has 3 fully saturated rings. The van der Waals surface area contributed by atoms with Crippen LogP contribution >= 0.6 is 0 Å². The molecule has 0 aromatic carbocycles. The van der Waals surface area contributed by atoms with E-state index in [1.807, 2.05) is 0 Å². The van der Waals surface area contributed by atoms with Crippen molar-refractivity contribution in [3.05, 3.63) is 0 Å². The Labute approximate surface area is 72.0 Å². The predicted molar refractivity (Wildman–Crippen MR) is 41.5 cm³/mol. The van der Waals surface area contributed by atoms with Gasteiger partial charge >= 0.3 is 0 Å². The fourth-order valence-corrected chi connectivity index (χ4v) is 2.60. The van der Waals surface area contributed by atoms with Crippen molar-refractivity contribution >= 4 is 0 Å². The lowest BCUT2D eigenvalue weighted by atomic mass is 9.90. The van der Waals surface area contributed by atoms with E-state index in [2.05, 4.69) is 6.92 Å². The van der Waals surface area contributed by atoms with Gasteiger partial charge in [0.25, 0.3) is 0 Å². The van der Waals surface area contributed by atoms with E-state index < -0.39 is 0 Å². The molecule has 3 aliphatic heterocycles. The summed E-state index contributed by atoms with van der Waals surface area (Å²) < 4.78 is 17.3. The maximum absolute atomic E-state index is 5.84. The molecule has 3 heteroatoms. The lowest BCUT2D eigenvalue weighted by Crippen LogP contribution is -2.46. The van der Waals surface area contributed by atoms with Gasteiger partial charge in [-0.1, -0.05) is 0 Å². The summed E-state index contributed by atoms with van der Waals surface area (Å²) in [7, 11) is 0. The van der Waals surface area contributed by atoms with Crippen molar-refractivity contribution in [3.8, 4) is 0 Å². The van der Waals surface area contributed by atoms with E-state index in [1.54, 1.807) is 0 Å². The number of rotatable bonds is 0. The first-order valence-electron chi connectivity index (χ1n) is 4.74. The maximum atomic E-state index is 5.84. The minimum Gasteiger partial charge on any atom is -0.347 e. The van der Waals surface area contributed by atoms with Gasteiger partial charge in [0.05, 0.1) is 6.61 Å². The van der Waals surface area contributed by atoms with Gasteiger partial charge < -0.3 is 14.2 Å². The number of fused-ring (bicyclic) bond motifs is 1. The first kappa shape index (κ1) is 7.30. The first-order valence-corrected chi connectivity index (χ1v) is 4.74. The van der Waals surface area contributed by atoms with Crippen molar-refractivity contribution in [2.45, 2.75) is 50.3 Å². The SMILES string of the molecule is CC12CCOC13CCCC(O2)O3. The third-order valence-corrected chi connectivity index (χ3v) is 3.38. The normalized spacial score (nSPS) is 57.2. The second-order valence-corrected chi connectivity index (χ2v) is 4.14. The van der Waals surface area contributed by atoms with Crippen LogP contribution < -0.4 is 0 Å². The smallest absolute Gasteiger partial charge is 0.200 e. The molecule has 12 heavy (non-hydrogen) atoms. The number of hydrogen-bond donors (Lipinski definition) is 0. The Bertz CT molecular complexity index is 216. The minimum atomic E-state index is -0.379. The summed E-state index contributed by atoms with van der Waals surface area (Å²) in [6, 6.07) is 0. The lowest BCUT2D eigenvalue weighted by Gasteiger charge is -2.33. The average Bonchev–Trinajstić information content (AvgIpc) is 2.37. The van der Waals surface area contributed by atoms with Crippen LogP contribution in [0.15, 0.2) is 0 Å². The van der Waals surface area contributed by atoms with Crippen LogP contribution in [0.25, 0.3) is 0 Å². The maximum Gasteiger partial charge on any atom is 0.200 e. The Morgan fingerprint density at radius 3 is 3.08 bits per heavy atom. The molecule has 3 rings (SSSR count). The molecule has 3 nitrogen and oxygen atoms in total. The van der Waals surface area contributed by atoms with Gasteiger partial charge in [-0.3, -0.25) is 0 Å². The van der Waals surface area contributed by atoms with E-state index >= 15 is 0 Å². The fourth-order valence-electron chi connectivity index (χ4n) is 2.60. The van der Waals surface area contributed by atoms with E-state index in [0.717, 1.165) is 25.9 Å². The van der Waals surface area contributed by atoms with Crippen molar-refractivity contribution in [3.63, 3.8) is 0 Å². The average molecular weight is 170 g/mol. The summed E-state index contributed by atoms with van der Waals surface area (Å²) >= 11 is 0. The van der Waals surface area contributed by atoms with Crippen LogP contribution in [0.3, 0.4) is 0 Å². The van der Waals surface area contributed by atoms with Gasteiger partial charge in [0.1, 0.15) is 5.60 Å². The molecule has 0 aromatic heterocycles. The van der Waals surface area contributed by atoms with Crippen molar-refractivity contribution in [1.29, 1.82) is 0 Å². The van der Waals surface area contributed by atoms with Crippen molar-refractivity contribution < 1.29 is 14.2 Å². The molecule has 0 radical (unpaired) electrons. The topological polar surface area (TPSA) is 27.7 Å². The summed E-state index contributed by atoms with van der Waals surface area (Å²) in [5.74, 6) is -0.379. The summed E-state index contributed by atoms with van der Waals surface area (Å²) in [4.78, 5) is 0. The van der Waals surface area contributed by atoms with Crippen molar-refractivity contribution in [2.24, 2.45) is 0 Å². The van der Waals surface area contributed by atoms with E-state index in [-0.39, 0.29) is 17.7 Å². The highest BCUT2D eigenvalue weighted by atomic mass is 16.8. The molecular weight excluding hydrogens is 156 g/mol. The molecule has 0 aliphatic carbocycles. The fraction of sp³-hybridized carbons (Fsp3) is 1.00. The third-order valence-electron chi connectivity index (χ3n) is 3.38. The zero-order valence-electron chi connectivity index (χ0n) is 7.34. The molecule has 3 unspecified atom stereocenters. The van der Waals surface area contributed by atoms with Crippen LogP contribution in [0.5, 0.6) is 0 Å². The van der Waals surface area contributed by atoms with Crippen LogP contribution in [-0.2, 0) is 14.2 Å². The summed E-state index contributed by atoms with van der Waals surface area (Å²) in [5, 5.41) is 0. The van der Waals surface area contributed by atoms with Gasteiger partial charge in [0.15, 0.2) is 12.1 Å². The zero-order valence-corrected chi connectivity index (χ0v) is 7.34. The second-order valence-electron chi connectivity index (χ2n) is 4.14. The van der Waals surface area contributed by atoms with Crippen molar-refractivity contribution in [1.82, 2.24) is 0 Å². The molecule has 3 heterocycles. The molecular formula is C9H14O3. The Morgan fingerprint density at radius 2 is 2.17 bits per heavy atom. The summed E-state index contributed by atoms with van der Waals surface area (Å²) in [6.45, 7) is 2.90. The largest absolute Gasteiger partial charge is 0.347 e. The van der Waals surface area contributed by atoms with Gasteiger partial charge in [-0.2, -0.15) is 0 Å². The highest BCUT2D eigenvalue weighted by molar-refractivity contribution is 5.03. The molecule has 2 bridgehead atoms. The molecule has 0 N–H and O–H groups in total. The Kier molecular flexibility index (Phi) is 1.23. The van der Waals surface area contributed by atoms with Crippen LogP contribution in [-0.4, -0.2) is 24.3 Å². The van der Waals surface area contributed by atoms with Gasteiger partial charge in [0.2, 0.25) is 0 Å². The highest BCUT2D eigenvalue weighted by Gasteiger charge is 2.63. The Hall–Kier alpha value is -0.120. The molecule has 0 saturated carbocycles. The predicted octanol–water partition coefficient (Wildman–Crippen LogP) is 1.42. The molecule has 3 atom stereocenters. The molecule has 68 valence electrons. The van der Waals surface area contributed by atoms with Crippen LogP contribution in [0, 0.1) is 0 Å². The number of ether oxygens (including phenoxy) is 3. The first-order chi connectivity index (χ1) is 5.74. The zero-order chi connectivity index (χ0) is 8.23. The molecule has 3 aliphatic rings. The van der Waals surface area contributed by atoms with Crippen LogP contribution in [0.4, 0.5) is 0 Å². The monoisotopic (exact) mass is 170 g/mol. The highest BCUT2D eigenvalue weighted by Crippen LogP contribution is 2.52. The van der Waals surface area contributed by atoms with E-state index in [1.165, 1.54) is 6.42 Å². The van der Waals surface area contributed by atoms with E-state index in [4.69, 9.17) is 14.2 Å². The van der Waals surface area contributed by atoms with Gasteiger partial charge in [-0.05, 0) is 19.8 Å². The van der Waals surface area contributed by atoms with Crippen molar-refractivity contribution in [2.75, 3.05) is 6.61 Å². The standard InChI is InChI=1S/C9H14O3/c1-8-5-6-10-9(8)4-2-3-7(11-8)12-9/h7H,2-6H2,1H3. The van der Waals surface area contributed by atoms with Gasteiger partial charge in [-0.25, -0.2) is 0 Å². The number of hydrogen-bond acceptors (Lipinski definition) is 3. The molecule has 3 saturated heterocycles. The lowest BCUT2D eigenvalue weighted by molar-refractivity contribution is -0.239. The van der Waals surface area contributed by atoms with Gasteiger partial charge in [-0.15, -0.1) is 0 Å². The van der Waals surface area contributed by atoms with E-state index in [0.29, 0.717) is 0 Å². The molecule has 0 aromatic rings. The summed E-state index contributed by atoms with van der Waals surface area (Å²) in [5.41, 5.74) is -0.159. The molecule has 0 amide bonds. The van der Waals surface area contributed by atoms with Gasteiger partial charge in [0, 0.05) is 12.8 Å². The minimum absolute atomic E-state index is 0.00375. The Morgan fingerprint density at radius 1 is 1.25 bits per heavy atom. The molecule has 1 spiro atoms.